The number of hydrogen-bond donors (Lipinski definition) is 1. The maximum absolute atomic E-state index is 4.21. The molecule has 0 saturated carbocycles. The molecular weight excluding hydrogens is 200 g/mol. The standard InChI is InChI=1S/C12H14N4/c1-3-11-14-15-12-7-13-9-6-8(2)4-5-10(9)16(11)12/h4-6,13H,3,7H2,1-2H3. The smallest absolute Gasteiger partial charge is 0.157 e. The Morgan fingerprint density at radius 1 is 1.38 bits per heavy atom. The molecule has 3 rings (SSSR count). The molecule has 4 heteroatoms. The summed E-state index contributed by atoms with van der Waals surface area (Å²) in [5.74, 6) is 2.02. The summed E-state index contributed by atoms with van der Waals surface area (Å²) in [5.41, 5.74) is 3.59. The summed E-state index contributed by atoms with van der Waals surface area (Å²) in [7, 11) is 0. The van der Waals surface area contributed by atoms with Crippen molar-refractivity contribution in [2.75, 3.05) is 5.32 Å². The van der Waals surface area contributed by atoms with E-state index in [1.54, 1.807) is 0 Å². The summed E-state index contributed by atoms with van der Waals surface area (Å²) in [6.07, 6.45) is 0.903. The number of aryl methyl sites for hydroxylation is 2. The normalized spacial score (nSPS) is 12.9. The zero-order valence-corrected chi connectivity index (χ0v) is 9.49. The van der Waals surface area contributed by atoms with Gasteiger partial charge in [0.25, 0.3) is 0 Å². The highest BCUT2D eigenvalue weighted by molar-refractivity contribution is 5.65. The van der Waals surface area contributed by atoms with Crippen molar-refractivity contribution in [3.05, 3.63) is 35.4 Å². The zero-order valence-electron chi connectivity index (χ0n) is 9.49. The molecule has 1 aliphatic rings. The molecule has 2 heterocycles. The lowest BCUT2D eigenvalue weighted by atomic mass is 10.1. The quantitative estimate of drug-likeness (QED) is 0.790. The maximum atomic E-state index is 4.21. The van der Waals surface area contributed by atoms with Crippen molar-refractivity contribution in [3.8, 4) is 5.69 Å². The Bertz CT molecular complexity index is 528. The summed E-state index contributed by atoms with van der Waals surface area (Å²) < 4.78 is 2.16. The van der Waals surface area contributed by atoms with Gasteiger partial charge in [-0.25, -0.2) is 0 Å². The molecule has 4 nitrogen and oxygen atoms in total. The number of anilines is 1. The third-order valence-corrected chi connectivity index (χ3v) is 2.94. The van der Waals surface area contributed by atoms with E-state index in [2.05, 4.69) is 52.1 Å². The Morgan fingerprint density at radius 2 is 2.25 bits per heavy atom. The lowest BCUT2D eigenvalue weighted by molar-refractivity contribution is 0.825. The van der Waals surface area contributed by atoms with Crippen LogP contribution < -0.4 is 5.32 Å². The Kier molecular flexibility index (Phi) is 1.96. The number of benzene rings is 1. The molecule has 1 aliphatic heterocycles. The van der Waals surface area contributed by atoms with Crippen molar-refractivity contribution in [1.29, 1.82) is 0 Å². The van der Waals surface area contributed by atoms with E-state index in [9.17, 15) is 0 Å². The van der Waals surface area contributed by atoms with Gasteiger partial charge in [-0.15, -0.1) is 10.2 Å². The Hall–Kier alpha value is -1.84. The van der Waals surface area contributed by atoms with Crippen LogP contribution in [0.25, 0.3) is 5.69 Å². The minimum absolute atomic E-state index is 0.753. The predicted molar refractivity (Wildman–Crippen MR) is 62.8 cm³/mol. The second-order valence-corrected chi connectivity index (χ2v) is 4.10. The van der Waals surface area contributed by atoms with Crippen LogP contribution in [0, 0.1) is 6.92 Å². The van der Waals surface area contributed by atoms with Crippen molar-refractivity contribution in [1.82, 2.24) is 14.8 Å². The Labute approximate surface area is 94.3 Å². The third-order valence-electron chi connectivity index (χ3n) is 2.94. The molecule has 0 atom stereocenters. The lowest BCUT2D eigenvalue weighted by Gasteiger charge is -2.21. The molecule has 0 radical (unpaired) electrons. The van der Waals surface area contributed by atoms with E-state index in [1.165, 1.54) is 11.3 Å². The molecule has 1 aromatic heterocycles. The lowest BCUT2D eigenvalue weighted by Crippen LogP contribution is -2.17. The van der Waals surface area contributed by atoms with Crippen LogP contribution in [0.1, 0.15) is 24.1 Å². The number of hydrogen-bond acceptors (Lipinski definition) is 3. The van der Waals surface area contributed by atoms with Crippen LogP contribution in [0.4, 0.5) is 5.69 Å². The molecule has 0 unspecified atom stereocenters. The van der Waals surface area contributed by atoms with Crippen LogP contribution >= 0.6 is 0 Å². The van der Waals surface area contributed by atoms with Gasteiger partial charge in [0, 0.05) is 6.42 Å². The molecule has 0 saturated heterocycles. The monoisotopic (exact) mass is 214 g/mol. The van der Waals surface area contributed by atoms with E-state index in [1.807, 2.05) is 0 Å². The first kappa shape index (κ1) is 9.39. The van der Waals surface area contributed by atoms with Gasteiger partial charge in [-0.05, 0) is 24.6 Å². The molecule has 0 aliphatic carbocycles. The summed E-state index contributed by atoms with van der Waals surface area (Å²) in [6, 6.07) is 6.41. The first-order chi connectivity index (χ1) is 7.79. The van der Waals surface area contributed by atoms with E-state index in [0.717, 1.165) is 30.3 Å². The van der Waals surface area contributed by atoms with Crippen LogP contribution in [-0.4, -0.2) is 14.8 Å². The summed E-state index contributed by atoms with van der Waals surface area (Å²) in [6.45, 7) is 4.96. The Balaban J connectivity index is 2.24. The van der Waals surface area contributed by atoms with Crippen LogP contribution in [0.2, 0.25) is 0 Å². The maximum Gasteiger partial charge on any atom is 0.157 e. The highest BCUT2D eigenvalue weighted by Crippen LogP contribution is 2.28. The molecule has 2 aromatic rings. The molecule has 1 aromatic carbocycles. The average molecular weight is 214 g/mol. The van der Waals surface area contributed by atoms with E-state index in [4.69, 9.17) is 0 Å². The fourth-order valence-corrected chi connectivity index (χ4v) is 2.14. The Morgan fingerprint density at radius 3 is 3.06 bits per heavy atom. The van der Waals surface area contributed by atoms with Crippen LogP contribution in [0.5, 0.6) is 0 Å². The minimum Gasteiger partial charge on any atom is -0.376 e. The van der Waals surface area contributed by atoms with Crippen molar-refractivity contribution < 1.29 is 0 Å². The summed E-state index contributed by atoms with van der Waals surface area (Å²) >= 11 is 0. The van der Waals surface area contributed by atoms with Crippen molar-refractivity contribution in [3.63, 3.8) is 0 Å². The minimum atomic E-state index is 0.753. The fraction of sp³-hybridized carbons (Fsp3) is 0.333. The van der Waals surface area contributed by atoms with Gasteiger partial charge in [0.1, 0.15) is 5.82 Å². The van der Waals surface area contributed by atoms with Gasteiger partial charge in [-0.1, -0.05) is 13.0 Å². The number of aromatic nitrogens is 3. The number of rotatable bonds is 1. The van der Waals surface area contributed by atoms with Gasteiger partial charge in [-0.3, -0.25) is 4.57 Å². The molecular formula is C12H14N4. The summed E-state index contributed by atoms with van der Waals surface area (Å²) in [5, 5.41) is 11.8. The van der Waals surface area contributed by atoms with E-state index < -0.39 is 0 Å². The highest BCUT2D eigenvalue weighted by atomic mass is 15.3. The van der Waals surface area contributed by atoms with Gasteiger partial charge in [0.05, 0.1) is 17.9 Å². The topological polar surface area (TPSA) is 42.7 Å². The third kappa shape index (κ3) is 1.23. The van der Waals surface area contributed by atoms with E-state index in [0.29, 0.717) is 0 Å². The van der Waals surface area contributed by atoms with Gasteiger partial charge in [0.2, 0.25) is 0 Å². The molecule has 0 spiro atoms. The highest BCUT2D eigenvalue weighted by Gasteiger charge is 2.19. The van der Waals surface area contributed by atoms with Crippen molar-refractivity contribution in [2.45, 2.75) is 26.8 Å². The van der Waals surface area contributed by atoms with Crippen LogP contribution in [-0.2, 0) is 13.0 Å². The average Bonchev–Trinajstić information content (AvgIpc) is 2.71. The second-order valence-electron chi connectivity index (χ2n) is 4.10. The largest absolute Gasteiger partial charge is 0.376 e. The first-order valence-electron chi connectivity index (χ1n) is 5.57. The van der Waals surface area contributed by atoms with E-state index >= 15 is 0 Å². The molecule has 0 amide bonds. The van der Waals surface area contributed by atoms with E-state index in [-0.39, 0.29) is 0 Å². The van der Waals surface area contributed by atoms with Gasteiger partial charge in [-0.2, -0.15) is 0 Å². The molecule has 0 fully saturated rings. The number of nitrogens with zero attached hydrogens (tertiary/aromatic N) is 3. The van der Waals surface area contributed by atoms with Crippen molar-refractivity contribution in [2.24, 2.45) is 0 Å². The van der Waals surface area contributed by atoms with Crippen molar-refractivity contribution >= 4 is 5.69 Å². The van der Waals surface area contributed by atoms with Gasteiger partial charge < -0.3 is 5.32 Å². The predicted octanol–water partition coefficient (Wildman–Crippen LogP) is 2.06. The molecule has 82 valence electrons. The fourth-order valence-electron chi connectivity index (χ4n) is 2.14. The van der Waals surface area contributed by atoms with Gasteiger partial charge in [0.15, 0.2) is 5.82 Å². The molecule has 16 heavy (non-hydrogen) atoms. The van der Waals surface area contributed by atoms with Gasteiger partial charge >= 0.3 is 0 Å². The van der Waals surface area contributed by atoms with Crippen LogP contribution in [0.15, 0.2) is 18.2 Å². The molecule has 1 N–H and O–H groups in total. The number of nitrogens with one attached hydrogen (secondary N) is 1. The summed E-state index contributed by atoms with van der Waals surface area (Å²) in [4.78, 5) is 0. The SMILES string of the molecule is CCc1nnc2n1-c1ccc(C)cc1NC2. The number of fused-ring (bicyclic) bond motifs is 3. The first-order valence-corrected chi connectivity index (χ1v) is 5.57. The van der Waals surface area contributed by atoms with Crippen LogP contribution in [0.3, 0.4) is 0 Å². The molecule has 0 bridgehead atoms. The second kappa shape index (κ2) is 3.33. The zero-order chi connectivity index (χ0) is 11.1.